The summed E-state index contributed by atoms with van der Waals surface area (Å²) >= 11 is 5.95. The number of nitrogens with zero attached hydrogens (tertiary/aromatic N) is 1. The first kappa shape index (κ1) is 14.2. The first-order chi connectivity index (χ1) is 8.81. The number of carbonyl (C=O) groups excluding carboxylic acids is 1. The second-order valence-electron chi connectivity index (χ2n) is 5.99. The molecule has 2 nitrogen and oxygen atoms in total. The summed E-state index contributed by atoms with van der Waals surface area (Å²) in [6.07, 6.45) is 11.0. The van der Waals surface area contributed by atoms with E-state index in [1.54, 1.807) is 0 Å². The summed E-state index contributed by atoms with van der Waals surface area (Å²) in [7, 11) is 0. The van der Waals surface area contributed by atoms with Gasteiger partial charge in [-0.25, -0.2) is 0 Å². The fourth-order valence-corrected chi connectivity index (χ4v) is 3.60. The third-order valence-electron chi connectivity index (χ3n) is 4.50. The zero-order chi connectivity index (χ0) is 12.8. The summed E-state index contributed by atoms with van der Waals surface area (Å²) in [5.41, 5.74) is 0. The molecule has 0 aromatic heterocycles. The highest BCUT2D eigenvalue weighted by Crippen LogP contribution is 2.26. The fourth-order valence-electron chi connectivity index (χ4n) is 3.35. The Labute approximate surface area is 116 Å². The lowest BCUT2D eigenvalue weighted by molar-refractivity contribution is -0.137. The summed E-state index contributed by atoms with van der Waals surface area (Å²) in [4.78, 5) is 14.7. The van der Waals surface area contributed by atoms with Crippen molar-refractivity contribution < 1.29 is 4.79 Å². The minimum atomic E-state index is 0.305. The smallest absolute Gasteiger partial charge is 0.225 e. The normalized spacial score (nSPS) is 27.6. The van der Waals surface area contributed by atoms with E-state index >= 15 is 0 Å². The Morgan fingerprint density at radius 3 is 2.33 bits per heavy atom. The van der Waals surface area contributed by atoms with Gasteiger partial charge < -0.3 is 4.90 Å². The van der Waals surface area contributed by atoms with Crippen molar-refractivity contribution in [3.05, 3.63) is 0 Å². The molecule has 1 saturated heterocycles. The topological polar surface area (TPSA) is 20.3 Å². The van der Waals surface area contributed by atoms with Crippen molar-refractivity contribution in [2.24, 2.45) is 11.8 Å². The monoisotopic (exact) mass is 271 g/mol. The number of likely N-dealkylation sites (tertiary alicyclic amines) is 1. The van der Waals surface area contributed by atoms with Gasteiger partial charge in [0.2, 0.25) is 5.91 Å². The second-order valence-corrected chi connectivity index (χ2v) is 6.30. The van der Waals surface area contributed by atoms with Gasteiger partial charge in [0.1, 0.15) is 0 Å². The maximum atomic E-state index is 12.6. The molecule has 3 heteroatoms. The van der Waals surface area contributed by atoms with Crippen molar-refractivity contribution in [1.82, 2.24) is 4.90 Å². The van der Waals surface area contributed by atoms with E-state index in [2.05, 4.69) is 4.90 Å². The van der Waals surface area contributed by atoms with E-state index in [1.807, 2.05) is 0 Å². The van der Waals surface area contributed by atoms with E-state index in [0.717, 1.165) is 32.4 Å². The van der Waals surface area contributed by atoms with Crippen molar-refractivity contribution in [2.75, 3.05) is 19.0 Å². The average Bonchev–Trinajstić information content (AvgIpc) is 2.38. The molecule has 0 bridgehead atoms. The van der Waals surface area contributed by atoms with Crippen LogP contribution < -0.4 is 0 Å². The number of carbonyl (C=O) groups is 1. The third kappa shape index (κ3) is 3.88. The molecule has 0 radical (unpaired) electrons. The molecular weight excluding hydrogens is 246 g/mol. The lowest BCUT2D eigenvalue weighted by atomic mass is 9.89. The number of hydrogen-bond donors (Lipinski definition) is 0. The maximum absolute atomic E-state index is 12.6. The van der Waals surface area contributed by atoms with Crippen molar-refractivity contribution in [3.63, 3.8) is 0 Å². The van der Waals surface area contributed by atoms with E-state index in [0.29, 0.717) is 23.6 Å². The Morgan fingerprint density at radius 1 is 1.00 bits per heavy atom. The molecule has 2 aliphatic rings. The highest BCUT2D eigenvalue weighted by molar-refractivity contribution is 6.18. The minimum absolute atomic E-state index is 0.305. The van der Waals surface area contributed by atoms with E-state index in [9.17, 15) is 4.79 Å². The van der Waals surface area contributed by atoms with Crippen LogP contribution >= 0.6 is 11.6 Å². The zero-order valence-electron chi connectivity index (χ0n) is 11.4. The molecule has 1 unspecified atom stereocenters. The first-order valence-corrected chi connectivity index (χ1v) is 8.19. The summed E-state index contributed by atoms with van der Waals surface area (Å²) in [5.74, 6) is 1.96. The lowest BCUT2D eigenvalue weighted by Gasteiger charge is -2.34. The molecule has 0 spiro atoms. The van der Waals surface area contributed by atoms with E-state index in [4.69, 9.17) is 11.6 Å². The molecule has 104 valence electrons. The summed E-state index contributed by atoms with van der Waals surface area (Å²) in [5, 5.41) is 0. The third-order valence-corrected chi connectivity index (χ3v) is 4.94. The van der Waals surface area contributed by atoms with E-state index in [1.165, 1.54) is 38.5 Å². The van der Waals surface area contributed by atoms with E-state index < -0.39 is 0 Å². The summed E-state index contributed by atoms with van der Waals surface area (Å²) < 4.78 is 0. The van der Waals surface area contributed by atoms with Crippen LogP contribution in [0.2, 0.25) is 0 Å². The standard InChI is InChI=1S/C15H26ClNO/c16-11-13-7-6-10-17(12-13)15(18)14-8-4-2-1-3-5-9-14/h13-14H,1-12H2. The van der Waals surface area contributed by atoms with Gasteiger partial charge in [0, 0.05) is 24.9 Å². The number of rotatable bonds is 2. The molecular formula is C15H26ClNO. The van der Waals surface area contributed by atoms with Crippen LogP contribution in [0.1, 0.15) is 57.8 Å². The van der Waals surface area contributed by atoms with Crippen LogP contribution in [-0.2, 0) is 4.79 Å². The van der Waals surface area contributed by atoms with Gasteiger partial charge in [-0.05, 0) is 31.6 Å². The fraction of sp³-hybridized carbons (Fsp3) is 0.933. The van der Waals surface area contributed by atoms with Gasteiger partial charge in [-0.2, -0.15) is 0 Å². The molecule has 18 heavy (non-hydrogen) atoms. The van der Waals surface area contributed by atoms with Gasteiger partial charge in [0.25, 0.3) is 0 Å². The first-order valence-electron chi connectivity index (χ1n) is 7.66. The minimum Gasteiger partial charge on any atom is -0.342 e. The molecule has 2 fully saturated rings. The highest BCUT2D eigenvalue weighted by Gasteiger charge is 2.28. The van der Waals surface area contributed by atoms with Crippen LogP contribution in [-0.4, -0.2) is 29.8 Å². The maximum Gasteiger partial charge on any atom is 0.225 e. The quantitative estimate of drug-likeness (QED) is 0.699. The van der Waals surface area contributed by atoms with Crippen molar-refractivity contribution in [3.8, 4) is 0 Å². The SMILES string of the molecule is O=C(C1CCCCCCC1)N1CCCC(CCl)C1. The van der Waals surface area contributed by atoms with Crippen molar-refractivity contribution >= 4 is 17.5 Å². The predicted octanol–water partition coefficient (Wildman–Crippen LogP) is 3.82. The van der Waals surface area contributed by atoms with Crippen LogP contribution in [0, 0.1) is 11.8 Å². The van der Waals surface area contributed by atoms with Crippen LogP contribution in [0.15, 0.2) is 0 Å². The molecule has 0 aromatic rings. The molecule has 1 amide bonds. The zero-order valence-corrected chi connectivity index (χ0v) is 12.1. The molecule has 0 aromatic carbocycles. The van der Waals surface area contributed by atoms with Gasteiger partial charge >= 0.3 is 0 Å². The molecule has 1 saturated carbocycles. The summed E-state index contributed by atoms with van der Waals surface area (Å²) in [6.45, 7) is 1.86. The number of halogens is 1. The molecule has 1 atom stereocenters. The van der Waals surface area contributed by atoms with Crippen LogP contribution in [0.5, 0.6) is 0 Å². The van der Waals surface area contributed by atoms with Gasteiger partial charge in [-0.3, -0.25) is 4.79 Å². The van der Waals surface area contributed by atoms with Crippen molar-refractivity contribution in [1.29, 1.82) is 0 Å². The van der Waals surface area contributed by atoms with Crippen molar-refractivity contribution in [2.45, 2.75) is 57.8 Å². The lowest BCUT2D eigenvalue weighted by Crippen LogP contribution is -2.43. The van der Waals surface area contributed by atoms with Crippen LogP contribution in [0.4, 0.5) is 0 Å². The second kappa shape index (κ2) is 7.37. The molecule has 1 heterocycles. The Balaban J connectivity index is 1.87. The Bertz CT molecular complexity index is 257. The highest BCUT2D eigenvalue weighted by atomic mass is 35.5. The van der Waals surface area contributed by atoms with Crippen LogP contribution in [0.25, 0.3) is 0 Å². The van der Waals surface area contributed by atoms with Crippen LogP contribution in [0.3, 0.4) is 0 Å². The molecule has 1 aliphatic heterocycles. The number of amides is 1. The Morgan fingerprint density at radius 2 is 1.67 bits per heavy atom. The van der Waals surface area contributed by atoms with Gasteiger partial charge in [0.05, 0.1) is 0 Å². The largest absolute Gasteiger partial charge is 0.342 e. The Hall–Kier alpha value is -0.240. The molecule has 2 rings (SSSR count). The number of piperidine rings is 1. The predicted molar refractivity (Wildman–Crippen MR) is 75.8 cm³/mol. The van der Waals surface area contributed by atoms with Gasteiger partial charge in [-0.15, -0.1) is 11.6 Å². The van der Waals surface area contributed by atoms with E-state index in [-0.39, 0.29) is 0 Å². The summed E-state index contributed by atoms with van der Waals surface area (Å²) in [6, 6.07) is 0. The molecule has 0 N–H and O–H groups in total. The Kier molecular flexibility index (Phi) is 5.81. The molecule has 1 aliphatic carbocycles. The van der Waals surface area contributed by atoms with Gasteiger partial charge in [-0.1, -0.05) is 32.1 Å². The average molecular weight is 272 g/mol. The van der Waals surface area contributed by atoms with Gasteiger partial charge in [0.15, 0.2) is 0 Å². The number of alkyl halides is 1. The number of hydrogen-bond acceptors (Lipinski definition) is 1.